The maximum Gasteiger partial charge on any atom is 0.144 e. The molecule has 20 heavy (non-hydrogen) atoms. The van der Waals surface area contributed by atoms with Crippen molar-refractivity contribution < 1.29 is 0 Å². The third-order valence-corrected chi connectivity index (χ3v) is 5.79. The highest BCUT2D eigenvalue weighted by Gasteiger charge is 2.17. The van der Waals surface area contributed by atoms with Crippen LogP contribution in [0.2, 0.25) is 0 Å². The van der Waals surface area contributed by atoms with Crippen molar-refractivity contribution >= 4 is 33.5 Å². The predicted octanol–water partition coefficient (Wildman–Crippen LogP) is 4.80. The number of thioether (sulfide) groups is 1. The van der Waals surface area contributed by atoms with E-state index in [-0.39, 0.29) is 0 Å². The van der Waals surface area contributed by atoms with Gasteiger partial charge in [0.25, 0.3) is 0 Å². The van der Waals surface area contributed by atoms with E-state index in [9.17, 15) is 0 Å². The first kappa shape index (κ1) is 16.1. The van der Waals surface area contributed by atoms with E-state index in [1.165, 1.54) is 25.7 Å². The van der Waals surface area contributed by atoms with Crippen molar-refractivity contribution in [3.63, 3.8) is 0 Å². The average molecular weight is 358 g/mol. The van der Waals surface area contributed by atoms with E-state index in [0.717, 1.165) is 52.2 Å². The number of nitrogens with zero attached hydrogens (tertiary/aromatic N) is 2. The molecule has 0 aliphatic heterocycles. The Morgan fingerprint density at radius 1 is 1.25 bits per heavy atom. The molecule has 1 aliphatic rings. The van der Waals surface area contributed by atoms with Crippen LogP contribution in [0, 0.1) is 0 Å². The summed E-state index contributed by atoms with van der Waals surface area (Å²) in [7, 11) is 0. The SMILES string of the molecule is CCCNc1nc(CSC2CCCC2)nc(CC)c1Br. The van der Waals surface area contributed by atoms with Gasteiger partial charge in [-0.05, 0) is 41.6 Å². The summed E-state index contributed by atoms with van der Waals surface area (Å²) in [5.74, 6) is 2.87. The Morgan fingerprint density at radius 2 is 2.00 bits per heavy atom. The third-order valence-electron chi connectivity index (χ3n) is 3.59. The van der Waals surface area contributed by atoms with Crippen LogP contribution in [0.3, 0.4) is 0 Å². The molecule has 0 saturated heterocycles. The van der Waals surface area contributed by atoms with Gasteiger partial charge in [0.05, 0.1) is 15.9 Å². The van der Waals surface area contributed by atoms with Gasteiger partial charge in [-0.25, -0.2) is 9.97 Å². The molecule has 0 spiro atoms. The van der Waals surface area contributed by atoms with Crippen molar-refractivity contribution in [3.8, 4) is 0 Å². The summed E-state index contributed by atoms with van der Waals surface area (Å²) in [4.78, 5) is 9.39. The van der Waals surface area contributed by atoms with E-state index in [1.54, 1.807) is 0 Å². The van der Waals surface area contributed by atoms with Crippen LogP contribution in [-0.4, -0.2) is 21.8 Å². The number of aryl methyl sites for hydroxylation is 1. The fourth-order valence-electron chi connectivity index (χ4n) is 2.45. The second-order valence-electron chi connectivity index (χ2n) is 5.25. The van der Waals surface area contributed by atoms with Crippen LogP contribution in [-0.2, 0) is 12.2 Å². The van der Waals surface area contributed by atoms with Crippen molar-refractivity contribution in [2.24, 2.45) is 0 Å². The van der Waals surface area contributed by atoms with Crippen LogP contribution >= 0.6 is 27.7 Å². The monoisotopic (exact) mass is 357 g/mol. The number of nitrogens with one attached hydrogen (secondary N) is 1. The second kappa shape index (κ2) is 8.23. The molecule has 3 nitrogen and oxygen atoms in total. The Balaban J connectivity index is 2.06. The van der Waals surface area contributed by atoms with Crippen molar-refractivity contribution in [3.05, 3.63) is 16.0 Å². The molecule has 1 aliphatic carbocycles. The minimum absolute atomic E-state index is 0.819. The summed E-state index contributed by atoms with van der Waals surface area (Å²) in [6.45, 7) is 5.26. The molecule has 0 atom stereocenters. The largest absolute Gasteiger partial charge is 0.369 e. The molecule has 1 heterocycles. The molecule has 1 aromatic heterocycles. The van der Waals surface area contributed by atoms with Crippen LogP contribution in [0.25, 0.3) is 0 Å². The molecule has 1 fully saturated rings. The van der Waals surface area contributed by atoms with Gasteiger partial charge in [-0.2, -0.15) is 11.8 Å². The van der Waals surface area contributed by atoms with Gasteiger partial charge in [-0.15, -0.1) is 0 Å². The summed E-state index contributed by atoms with van der Waals surface area (Å²) in [5, 5.41) is 4.22. The molecule has 0 radical (unpaired) electrons. The summed E-state index contributed by atoms with van der Waals surface area (Å²) < 4.78 is 1.03. The average Bonchev–Trinajstić information content (AvgIpc) is 2.98. The minimum Gasteiger partial charge on any atom is -0.369 e. The molecule has 2 rings (SSSR count). The number of hydrogen-bond donors (Lipinski definition) is 1. The zero-order valence-electron chi connectivity index (χ0n) is 12.4. The molecule has 1 aromatic rings. The molecule has 1 N–H and O–H groups in total. The predicted molar refractivity (Wildman–Crippen MR) is 91.4 cm³/mol. The Morgan fingerprint density at radius 3 is 2.65 bits per heavy atom. The quantitative estimate of drug-likeness (QED) is 0.760. The van der Waals surface area contributed by atoms with Crippen LogP contribution in [0.5, 0.6) is 0 Å². The molecule has 1 saturated carbocycles. The molecular formula is C15H24BrN3S. The smallest absolute Gasteiger partial charge is 0.144 e. The molecule has 0 amide bonds. The van der Waals surface area contributed by atoms with Gasteiger partial charge in [0, 0.05) is 11.8 Å². The summed E-state index contributed by atoms with van der Waals surface area (Å²) >= 11 is 5.66. The lowest BCUT2D eigenvalue weighted by Gasteiger charge is -2.13. The summed E-state index contributed by atoms with van der Waals surface area (Å²) in [5.41, 5.74) is 1.11. The van der Waals surface area contributed by atoms with E-state index in [2.05, 4.69) is 40.1 Å². The fraction of sp³-hybridized carbons (Fsp3) is 0.733. The van der Waals surface area contributed by atoms with Gasteiger partial charge < -0.3 is 5.32 Å². The first-order chi connectivity index (χ1) is 9.74. The normalized spacial score (nSPS) is 15.8. The zero-order chi connectivity index (χ0) is 14.4. The minimum atomic E-state index is 0.819. The van der Waals surface area contributed by atoms with Gasteiger partial charge >= 0.3 is 0 Å². The van der Waals surface area contributed by atoms with E-state index in [1.807, 2.05) is 11.8 Å². The van der Waals surface area contributed by atoms with E-state index in [4.69, 9.17) is 4.98 Å². The maximum absolute atomic E-state index is 4.70. The van der Waals surface area contributed by atoms with Gasteiger partial charge in [-0.3, -0.25) is 0 Å². The van der Waals surface area contributed by atoms with Crippen molar-refractivity contribution in [1.29, 1.82) is 0 Å². The van der Waals surface area contributed by atoms with Crippen LogP contribution < -0.4 is 5.32 Å². The number of aromatic nitrogens is 2. The highest BCUT2D eigenvalue weighted by Crippen LogP contribution is 2.32. The van der Waals surface area contributed by atoms with Gasteiger partial charge in [0.1, 0.15) is 11.6 Å². The Bertz CT molecular complexity index is 433. The van der Waals surface area contributed by atoms with E-state index < -0.39 is 0 Å². The molecule has 112 valence electrons. The Labute approximate surface area is 134 Å². The van der Waals surface area contributed by atoms with Gasteiger partial charge in [-0.1, -0.05) is 26.7 Å². The Kier molecular flexibility index (Phi) is 6.62. The number of rotatable bonds is 7. The van der Waals surface area contributed by atoms with Crippen LogP contribution in [0.15, 0.2) is 4.47 Å². The molecule has 0 bridgehead atoms. The van der Waals surface area contributed by atoms with Crippen molar-refractivity contribution in [2.75, 3.05) is 11.9 Å². The lowest BCUT2D eigenvalue weighted by atomic mass is 10.3. The fourth-order valence-corrected chi connectivity index (χ4v) is 4.23. The first-order valence-corrected chi connectivity index (χ1v) is 9.49. The van der Waals surface area contributed by atoms with E-state index in [0.29, 0.717) is 0 Å². The lowest BCUT2D eigenvalue weighted by Crippen LogP contribution is -2.09. The molecule has 0 aromatic carbocycles. The highest BCUT2D eigenvalue weighted by molar-refractivity contribution is 9.10. The number of anilines is 1. The van der Waals surface area contributed by atoms with Crippen molar-refractivity contribution in [2.45, 2.75) is 63.4 Å². The standard InChI is InChI=1S/C15H24BrN3S/c1-3-9-17-15-14(16)12(4-2)18-13(19-15)10-20-11-7-5-6-8-11/h11H,3-10H2,1-2H3,(H,17,18,19). The topological polar surface area (TPSA) is 37.8 Å². The molecule has 0 unspecified atom stereocenters. The first-order valence-electron chi connectivity index (χ1n) is 7.65. The lowest BCUT2D eigenvalue weighted by molar-refractivity contribution is 0.886. The Hall–Kier alpha value is -0.290. The maximum atomic E-state index is 4.70. The zero-order valence-corrected chi connectivity index (χ0v) is 14.8. The summed E-state index contributed by atoms with van der Waals surface area (Å²) in [6.07, 6.45) is 7.55. The van der Waals surface area contributed by atoms with Crippen LogP contribution in [0.4, 0.5) is 5.82 Å². The molecule has 5 heteroatoms. The second-order valence-corrected chi connectivity index (χ2v) is 7.33. The highest BCUT2D eigenvalue weighted by atomic mass is 79.9. The van der Waals surface area contributed by atoms with Gasteiger partial charge in [0.15, 0.2) is 0 Å². The summed E-state index contributed by atoms with van der Waals surface area (Å²) in [6, 6.07) is 0. The third kappa shape index (κ3) is 4.35. The van der Waals surface area contributed by atoms with Crippen molar-refractivity contribution in [1.82, 2.24) is 9.97 Å². The number of hydrogen-bond acceptors (Lipinski definition) is 4. The van der Waals surface area contributed by atoms with Crippen LogP contribution in [0.1, 0.15) is 57.5 Å². The van der Waals surface area contributed by atoms with E-state index >= 15 is 0 Å². The number of halogens is 1. The van der Waals surface area contributed by atoms with Gasteiger partial charge in [0.2, 0.25) is 0 Å². The molecular weight excluding hydrogens is 334 g/mol.